The van der Waals surface area contributed by atoms with Crippen molar-refractivity contribution in [2.24, 2.45) is 0 Å². The van der Waals surface area contributed by atoms with Gasteiger partial charge in [-0.15, -0.1) is 11.3 Å². The van der Waals surface area contributed by atoms with Crippen molar-refractivity contribution >= 4 is 28.9 Å². The van der Waals surface area contributed by atoms with Crippen molar-refractivity contribution in [2.45, 2.75) is 6.92 Å². The van der Waals surface area contributed by atoms with Crippen LogP contribution in [0.2, 0.25) is 5.02 Å². The third-order valence-electron chi connectivity index (χ3n) is 3.53. The Morgan fingerprint density at radius 2 is 1.81 bits per heavy atom. The number of ether oxygens (including phenoxy) is 2. The molecule has 0 spiro atoms. The zero-order chi connectivity index (χ0) is 18.5. The molecule has 0 amide bonds. The van der Waals surface area contributed by atoms with Crippen molar-refractivity contribution in [3.63, 3.8) is 0 Å². The summed E-state index contributed by atoms with van der Waals surface area (Å²) in [6.45, 7) is 2.40. The molecule has 0 fully saturated rings. The Hall–Kier alpha value is -2.57. The van der Waals surface area contributed by atoms with Crippen LogP contribution in [0, 0.1) is 6.92 Å². The maximum Gasteiger partial charge on any atom is 0.347 e. The van der Waals surface area contributed by atoms with Crippen molar-refractivity contribution < 1.29 is 19.4 Å². The van der Waals surface area contributed by atoms with E-state index < -0.39 is 5.97 Å². The fourth-order valence-electron chi connectivity index (χ4n) is 2.32. The third-order valence-corrected chi connectivity index (χ3v) is 4.96. The quantitative estimate of drug-likeness (QED) is 0.580. The first-order valence-corrected chi connectivity index (χ1v) is 9.05. The molecule has 5 nitrogen and oxygen atoms in total. The Morgan fingerprint density at radius 3 is 2.50 bits per heavy atom. The molecule has 0 aliphatic carbocycles. The highest BCUT2D eigenvalue weighted by atomic mass is 35.5. The monoisotopic (exact) mass is 389 g/mol. The van der Waals surface area contributed by atoms with E-state index in [-0.39, 0.29) is 4.88 Å². The molecule has 0 radical (unpaired) electrons. The molecule has 0 unspecified atom stereocenters. The maximum absolute atomic E-state index is 11.2. The standard InChI is InChI=1S/C19H16ClNO4S/c1-12-17(19(22)23)26-18(21-12)15-4-2-3-5-16(15)25-11-10-24-14-8-6-13(20)7-9-14/h2-9H,10-11H2,1H3,(H,22,23). The molecule has 3 rings (SSSR count). The molecular weight excluding hydrogens is 374 g/mol. The van der Waals surface area contributed by atoms with E-state index >= 15 is 0 Å². The van der Waals surface area contributed by atoms with E-state index in [0.717, 1.165) is 16.9 Å². The molecule has 0 saturated heterocycles. The molecule has 1 aromatic heterocycles. The van der Waals surface area contributed by atoms with Gasteiger partial charge in [0, 0.05) is 5.02 Å². The van der Waals surface area contributed by atoms with Crippen LogP contribution in [0.4, 0.5) is 0 Å². The molecule has 1 heterocycles. The van der Waals surface area contributed by atoms with Crippen LogP contribution in [0.5, 0.6) is 11.5 Å². The molecule has 134 valence electrons. The third kappa shape index (κ3) is 4.33. The van der Waals surface area contributed by atoms with E-state index in [1.807, 2.05) is 24.3 Å². The van der Waals surface area contributed by atoms with Gasteiger partial charge in [-0.2, -0.15) is 0 Å². The zero-order valence-corrected chi connectivity index (χ0v) is 15.5. The number of para-hydroxylation sites is 1. The van der Waals surface area contributed by atoms with Gasteiger partial charge in [-0.05, 0) is 43.3 Å². The van der Waals surface area contributed by atoms with Crippen molar-refractivity contribution in [2.75, 3.05) is 13.2 Å². The first kappa shape index (κ1) is 18.2. The molecule has 26 heavy (non-hydrogen) atoms. The average molecular weight is 390 g/mol. The predicted octanol–water partition coefficient (Wildman–Crippen LogP) is 4.93. The van der Waals surface area contributed by atoms with E-state index in [2.05, 4.69) is 4.98 Å². The molecule has 0 aliphatic rings. The number of thiazole rings is 1. The highest BCUT2D eigenvalue weighted by Gasteiger charge is 2.17. The van der Waals surface area contributed by atoms with Crippen molar-refractivity contribution in [3.8, 4) is 22.1 Å². The van der Waals surface area contributed by atoms with Gasteiger partial charge < -0.3 is 14.6 Å². The number of aryl methyl sites for hydroxylation is 1. The minimum absolute atomic E-state index is 0.237. The van der Waals surface area contributed by atoms with Crippen molar-refractivity contribution in [3.05, 3.63) is 64.1 Å². The molecule has 0 aliphatic heterocycles. The lowest BCUT2D eigenvalue weighted by Crippen LogP contribution is -2.09. The fourth-order valence-corrected chi connectivity index (χ4v) is 3.38. The summed E-state index contributed by atoms with van der Waals surface area (Å²) in [6, 6.07) is 14.5. The maximum atomic E-state index is 11.2. The van der Waals surface area contributed by atoms with Crippen LogP contribution < -0.4 is 9.47 Å². The van der Waals surface area contributed by atoms with Gasteiger partial charge in [-0.1, -0.05) is 23.7 Å². The number of rotatable bonds is 7. The molecular formula is C19H16ClNO4S. The summed E-state index contributed by atoms with van der Waals surface area (Å²) < 4.78 is 11.4. The fraction of sp³-hybridized carbons (Fsp3) is 0.158. The summed E-state index contributed by atoms with van der Waals surface area (Å²) >= 11 is 6.98. The Balaban J connectivity index is 1.66. The van der Waals surface area contributed by atoms with Gasteiger partial charge in [0.1, 0.15) is 34.6 Å². The Labute approximate surface area is 159 Å². The van der Waals surface area contributed by atoms with Gasteiger partial charge in [0.15, 0.2) is 0 Å². The second-order valence-electron chi connectivity index (χ2n) is 5.39. The molecule has 1 N–H and O–H groups in total. The Morgan fingerprint density at radius 1 is 1.12 bits per heavy atom. The van der Waals surface area contributed by atoms with E-state index in [1.54, 1.807) is 31.2 Å². The normalized spacial score (nSPS) is 10.5. The predicted molar refractivity (Wildman–Crippen MR) is 102 cm³/mol. The molecule has 0 saturated carbocycles. The van der Waals surface area contributed by atoms with E-state index in [4.69, 9.17) is 21.1 Å². The summed E-state index contributed by atoms with van der Waals surface area (Å²) in [7, 11) is 0. The number of carboxylic acid groups (broad SMARTS) is 1. The van der Waals surface area contributed by atoms with Gasteiger partial charge in [0.25, 0.3) is 0 Å². The number of nitrogens with zero attached hydrogens (tertiary/aromatic N) is 1. The Kier molecular flexibility index (Phi) is 5.75. The summed E-state index contributed by atoms with van der Waals surface area (Å²) in [5.74, 6) is 0.381. The molecule has 3 aromatic rings. The molecule has 2 aromatic carbocycles. The largest absolute Gasteiger partial charge is 0.490 e. The molecule has 0 atom stereocenters. The lowest BCUT2D eigenvalue weighted by molar-refractivity contribution is 0.0701. The lowest BCUT2D eigenvalue weighted by Gasteiger charge is -2.11. The van der Waals surface area contributed by atoms with Crippen LogP contribution in [0.15, 0.2) is 48.5 Å². The van der Waals surface area contributed by atoms with Crippen molar-refractivity contribution in [1.29, 1.82) is 0 Å². The van der Waals surface area contributed by atoms with Crippen molar-refractivity contribution in [1.82, 2.24) is 4.98 Å². The van der Waals surface area contributed by atoms with E-state index in [9.17, 15) is 9.90 Å². The molecule has 0 bridgehead atoms. The van der Waals surface area contributed by atoms with Crippen LogP contribution in [-0.2, 0) is 0 Å². The first-order valence-electron chi connectivity index (χ1n) is 7.86. The van der Waals surface area contributed by atoms with Gasteiger partial charge in [-0.3, -0.25) is 0 Å². The number of aromatic nitrogens is 1. The highest BCUT2D eigenvalue weighted by Crippen LogP contribution is 2.34. The van der Waals surface area contributed by atoms with Gasteiger partial charge in [0.05, 0.1) is 11.3 Å². The minimum Gasteiger partial charge on any atom is -0.490 e. The smallest absolute Gasteiger partial charge is 0.347 e. The van der Waals surface area contributed by atoms with Crippen LogP contribution in [0.1, 0.15) is 15.4 Å². The van der Waals surface area contributed by atoms with Gasteiger partial charge >= 0.3 is 5.97 Å². The highest BCUT2D eigenvalue weighted by molar-refractivity contribution is 7.17. The number of aromatic carboxylic acids is 1. The van der Waals surface area contributed by atoms with Gasteiger partial charge in [-0.25, -0.2) is 9.78 Å². The molecule has 7 heteroatoms. The summed E-state index contributed by atoms with van der Waals surface area (Å²) in [5.41, 5.74) is 1.26. The number of carboxylic acids is 1. The number of hydrogen-bond acceptors (Lipinski definition) is 5. The van der Waals surface area contributed by atoms with E-state index in [0.29, 0.717) is 40.4 Å². The lowest BCUT2D eigenvalue weighted by atomic mass is 10.2. The number of hydrogen-bond donors (Lipinski definition) is 1. The SMILES string of the molecule is Cc1nc(-c2ccccc2OCCOc2ccc(Cl)cc2)sc1C(=O)O. The average Bonchev–Trinajstić information content (AvgIpc) is 3.02. The number of halogens is 1. The summed E-state index contributed by atoms with van der Waals surface area (Å²) in [4.78, 5) is 15.8. The summed E-state index contributed by atoms with van der Waals surface area (Å²) in [6.07, 6.45) is 0. The van der Waals surface area contributed by atoms with E-state index in [1.165, 1.54) is 0 Å². The number of carbonyl (C=O) groups is 1. The van der Waals surface area contributed by atoms with Crippen LogP contribution in [0.25, 0.3) is 10.6 Å². The summed E-state index contributed by atoms with van der Waals surface area (Å²) in [5, 5.41) is 10.5. The topological polar surface area (TPSA) is 68.7 Å². The van der Waals surface area contributed by atoms with Crippen LogP contribution in [0.3, 0.4) is 0 Å². The minimum atomic E-state index is -0.971. The van der Waals surface area contributed by atoms with Crippen LogP contribution in [-0.4, -0.2) is 29.3 Å². The second-order valence-corrected chi connectivity index (χ2v) is 6.82. The Bertz CT molecular complexity index is 908. The number of benzene rings is 2. The first-order chi connectivity index (χ1) is 12.5. The zero-order valence-electron chi connectivity index (χ0n) is 13.9. The van der Waals surface area contributed by atoms with Gasteiger partial charge in [0.2, 0.25) is 0 Å². The van der Waals surface area contributed by atoms with Crippen LogP contribution >= 0.6 is 22.9 Å². The second kappa shape index (κ2) is 8.21.